The maximum atomic E-state index is 6.27. The Bertz CT molecular complexity index is 771. The number of hydrogen-bond donors (Lipinski definition) is 1. The topological polar surface area (TPSA) is 28.1 Å². The second kappa shape index (κ2) is 5.51. The van der Waals surface area contributed by atoms with Gasteiger partial charge < -0.3 is 4.98 Å². The average Bonchev–Trinajstić information content (AvgIpc) is 2.89. The molecule has 1 N–H and O–H groups in total. The number of aromatic nitrogens is 1. The molecule has 0 atom stereocenters. The number of nitrogens with zero attached hydrogens (tertiary/aromatic N) is 1. The Morgan fingerprint density at radius 1 is 1.10 bits per heavy atom. The van der Waals surface area contributed by atoms with Gasteiger partial charge in [-0.2, -0.15) is 0 Å². The number of para-hydroxylation sites is 1. The lowest BCUT2D eigenvalue weighted by Crippen LogP contribution is -1.99. The van der Waals surface area contributed by atoms with Gasteiger partial charge >= 0.3 is 0 Å². The Labute approximate surface area is 123 Å². The van der Waals surface area contributed by atoms with E-state index in [-0.39, 0.29) is 0 Å². The highest BCUT2D eigenvalue weighted by Gasteiger charge is 2.08. The molecule has 0 aliphatic rings. The van der Waals surface area contributed by atoms with Crippen molar-refractivity contribution in [3.63, 3.8) is 0 Å². The zero-order chi connectivity index (χ0) is 13.9. The molecule has 0 aliphatic heterocycles. The number of fused-ring (bicyclic) bond motifs is 1. The van der Waals surface area contributed by atoms with E-state index in [1.165, 1.54) is 0 Å². The van der Waals surface area contributed by atoms with Crippen LogP contribution < -0.4 is 0 Å². The first kappa shape index (κ1) is 12.9. The summed E-state index contributed by atoms with van der Waals surface area (Å²) < 4.78 is 0. The van der Waals surface area contributed by atoms with Gasteiger partial charge in [0.2, 0.25) is 0 Å². The van der Waals surface area contributed by atoms with Crippen LogP contribution >= 0.6 is 11.6 Å². The van der Waals surface area contributed by atoms with Gasteiger partial charge in [-0.05, 0) is 18.6 Å². The summed E-state index contributed by atoms with van der Waals surface area (Å²) in [5.74, 6) is 0. The Balaban J connectivity index is 2.12. The highest BCUT2D eigenvalue weighted by molar-refractivity contribution is 6.34. The number of benzene rings is 2. The van der Waals surface area contributed by atoms with Crippen molar-refractivity contribution in [3.8, 4) is 0 Å². The Hall–Kier alpha value is -2.06. The Kier molecular flexibility index (Phi) is 3.57. The van der Waals surface area contributed by atoms with Crippen LogP contribution in [0.3, 0.4) is 0 Å². The normalized spacial score (nSPS) is 12.0. The number of halogens is 1. The molecule has 20 heavy (non-hydrogen) atoms. The van der Waals surface area contributed by atoms with Crippen molar-refractivity contribution in [3.05, 3.63) is 65.3 Å². The second-order valence-corrected chi connectivity index (χ2v) is 5.02. The van der Waals surface area contributed by atoms with Crippen LogP contribution in [0.4, 0.5) is 5.69 Å². The molecule has 0 fully saturated rings. The van der Waals surface area contributed by atoms with Gasteiger partial charge in [0.25, 0.3) is 0 Å². The molecule has 0 amide bonds. The van der Waals surface area contributed by atoms with E-state index < -0.39 is 0 Å². The van der Waals surface area contributed by atoms with E-state index >= 15 is 0 Å². The van der Waals surface area contributed by atoms with Gasteiger partial charge in [-0.15, -0.1) is 0 Å². The lowest BCUT2D eigenvalue weighted by atomic mass is 10.1. The zero-order valence-electron chi connectivity index (χ0n) is 11.2. The van der Waals surface area contributed by atoms with Gasteiger partial charge in [-0.25, -0.2) is 0 Å². The summed E-state index contributed by atoms with van der Waals surface area (Å²) in [5, 5.41) is 1.87. The maximum Gasteiger partial charge on any atom is 0.0886 e. The molecule has 1 heterocycles. The summed E-state index contributed by atoms with van der Waals surface area (Å²) >= 11 is 6.27. The van der Waals surface area contributed by atoms with E-state index in [1.54, 1.807) is 0 Å². The molecule has 0 unspecified atom stereocenters. The van der Waals surface area contributed by atoms with Gasteiger partial charge in [0.1, 0.15) is 0 Å². The van der Waals surface area contributed by atoms with Crippen molar-refractivity contribution in [1.29, 1.82) is 0 Å². The molecular formula is C17H15ClN2. The number of aromatic amines is 1. The standard InChI is InChI=1S/C17H15ClN2/c1-2-15(12-7-3-5-9-14(12)18)20-17-11-19-16-10-6-4-8-13(16)17/h3-11,19H,2H2,1H3. The molecule has 3 aromatic rings. The highest BCUT2D eigenvalue weighted by Crippen LogP contribution is 2.27. The summed E-state index contributed by atoms with van der Waals surface area (Å²) in [4.78, 5) is 8.04. The highest BCUT2D eigenvalue weighted by atomic mass is 35.5. The van der Waals surface area contributed by atoms with Crippen LogP contribution in [0, 0.1) is 0 Å². The molecule has 3 rings (SSSR count). The fourth-order valence-electron chi connectivity index (χ4n) is 2.32. The molecule has 0 bridgehead atoms. The number of aliphatic imine (C=N–C) groups is 1. The molecular weight excluding hydrogens is 268 g/mol. The Morgan fingerprint density at radius 3 is 2.65 bits per heavy atom. The molecule has 2 nitrogen and oxygen atoms in total. The Morgan fingerprint density at radius 2 is 1.85 bits per heavy atom. The number of nitrogens with one attached hydrogen (secondary N) is 1. The summed E-state index contributed by atoms with van der Waals surface area (Å²) in [7, 11) is 0. The zero-order valence-corrected chi connectivity index (χ0v) is 12.0. The first-order chi connectivity index (χ1) is 9.79. The predicted octanol–water partition coefficient (Wildman–Crippen LogP) is 5.35. The first-order valence-electron chi connectivity index (χ1n) is 6.68. The average molecular weight is 283 g/mol. The first-order valence-corrected chi connectivity index (χ1v) is 7.06. The van der Waals surface area contributed by atoms with Crippen molar-refractivity contribution in [2.24, 2.45) is 4.99 Å². The second-order valence-electron chi connectivity index (χ2n) is 4.61. The summed E-state index contributed by atoms with van der Waals surface area (Å²) in [6.45, 7) is 2.09. The van der Waals surface area contributed by atoms with Crippen molar-refractivity contribution < 1.29 is 0 Å². The van der Waals surface area contributed by atoms with Crippen LogP contribution in [0.5, 0.6) is 0 Å². The van der Waals surface area contributed by atoms with Gasteiger partial charge in [-0.3, -0.25) is 4.99 Å². The third kappa shape index (κ3) is 2.35. The third-order valence-electron chi connectivity index (χ3n) is 3.34. The van der Waals surface area contributed by atoms with Crippen LogP contribution in [-0.2, 0) is 0 Å². The molecule has 0 aliphatic carbocycles. The molecule has 0 saturated heterocycles. The van der Waals surface area contributed by atoms with Crippen molar-refractivity contribution in [1.82, 2.24) is 4.98 Å². The summed E-state index contributed by atoms with van der Waals surface area (Å²) in [6.07, 6.45) is 2.78. The molecule has 0 saturated carbocycles. The van der Waals surface area contributed by atoms with Crippen LogP contribution in [0.1, 0.15) is 18.9 Å². The minimum absolute atomic E-state index is 0.743. The summed E-state index contributed by atoms with van der Waals surface area (Å²) in [5.41, 5.74) is 4.06. The lowest BCUT2D eigenvalue weighted by molar-refractivity contribution is 1.26. The molecule has 3 heteroatoms. The van der Waals surface area contributed by atoms with Crippen LogP contribution in [0.15, 0.2) is 59.7 Å². The monoisotopic (exact) mass is 282 g/mol. The van der Waals surface area contributed by atoms with Crippen molar-refractivity contribution >= 4 is 33.9 Å². The third-order valence-corrected chi connectivity index (χ3v) is 3.67. The fourth-order valence-corrected chi connectivity index (χ4v) is 2.56. The van der Waals surface area contributed by atoms with Crippen LogP contribution in [-0.4, -0.2) is 10.7 Å². The van der Waals surface area contributed by atoms with Gasteiger partial charge in [-0.1, -0.05) is 54.9 Å². The van der Waals surface area contributed by atoms with E-state index in [9.17, 15) is 0 Å². The van der Waals surface area contributed by atoms with Crippen molar-refractivity contribution in [2.75, 3.05) is 0 Å². The predicted molar refractivity (Wildman–Crippen MR) is 86.2 cm³/mol. The van der Waals surface area contributed by atoms with Gasteiger partial charge in [0.15, 0.2) is 0 Å². The number of rotatable bonds is 3. The van der Waals surface area contributed by atoms with Crippen molar-refractivity contribution in [2.45, 2.75) is 13.3 Å². The molecule has 0 spiro atoms. The van der Waals surface area contributed by atoms with Crippen LogP contribution in [0.2, 0.25) is 5.02 Å². The number of H-pyrrole nitrogens is 1. The molecule has 0 radical (unpaired) electrons. The molecule has 2 aromatic carbocycles. The molecule has 1 aromatic heterocycles. The molecule has 100 valence electrons. The van der Waals surface area contributed by atoms with E-state index in [1.807, 2.05) is 42.6 Å². The van der Waals surface area contributed by atoms with Gasteiger partial charge in [0.05, 0.1) is 5.69 Å². The van der Waals surface area contributed by atoms with E-state index in [0.29, 0.717) is 0 Å². The maximum absolute atomic E-state index is 6.27. The smallest absolute Gasteiger partial charge is 0.0886 e. The minimum Gasteiger partial charge on any atom is -0.359 e. The lowest BCUT2D eigenvalue weighted by Gasteiger charge is -2.06. The van der Waals surface area contributed by atoms with Gasteiger partial charge in [0, 0.05) is 33.4 Å². The van der Waals surface area contributed by atoms with E-state index in [2.05, 4.69) is 24.0 Å². The quantitative estimate of drug-likeness (QED) is 0.627. The minimum atomic E-state index is 0.743. The number of hydrogen-bond acceptors (Lipinski definition) is 1. The van der Waals surface area contributed by atoms with Crippen LogP contribution in [0.25, 0.3) is 10.9 Å². The summed E-state index contributed by atoms with van der Waals surface area (Å²) in [6, 6.07) is 16.0. The van der Waals surface area contributed by atoms with E-state index in [0.717, 1.165) is 39.3 Å². The largest absolute Gasteiger partial charge is 0.359 e. The SMILES string of the molecule is CCC(=Nc1c[nH]c2ccccc12)c1ccccc1Cl. The fraction of sp³-hybridized carbons (Fsp3) is 0.118. The van der Waals surface area contributed by atoms with E-state index in [4.69, 9.17) is 16.6 Å².